The summed E-state index contributed by atoms with van der Waals surface area (Å²) in [6.07, 6.45) is -0.707. The first-order chi connectivity index (χ1) is 15.1. The number of carbonyl (C=O) groups is 4. The lowest BCUT2D eigenvalue weighted by Gasteiger charge is -2.58. The molecular weight excluding hydrogens is 442 g/mol. The molecule has 2 heterocycles. The number of hydrogen-bond acceptors (Lipinski definition) is 6. The van der Waals surface area contributed by atoms with Crippen molar-refractivity contribution in [1.29, 1.82) is 0 Å². The molecular formula is C23H33N3O6Si. The summed E-state index contributed by atoms with van der Waals surface area (Å²) < 4.78 is 7.10. The summed E-state index contributed by atoms with van der Waals surface area (Å²) in [5.74, 6) is -1.31. The van der Waals surface area contributed by atoms with Crippen molar-refractivity contribution in [2.75, 3.05) is 6.61 Å². The first-order valence-corrected chi connectivity index (χ1v) is 13.9. The van der Waals surface area contributed by atoms with Gasteiger partial charge in [0.15, 0.2) is 8.24 Å². The molecule has 0 bridgehead atoms. The Balaban J connectivity index is 1.81. The van der Waals surface area contributed by atoms with Crippen molar-refractivity contribution in [3.63, 3.8) is 0 Å². The number of β-lactam (4-membered cyclic amide) rings is 1. The lowest BCUT2D eigenvalue weighted by Crippen LogP contribution is -2.80. The summed E-state index contributed by atoms with van der Waals surface area (Å²) in [4.78, 5) is 56.5. The van der Waals surface area contributed by atoms with Crippen molar-refractivity contribution in [2.24, 2.45) is 0 Å². The van der Waals surface area contributed by atoms with Gasteiger partial charge in [0.25, 0.3) is 11.8 Å². The number of hydroxylamine groups is 2. The van der Waals surface area contributed by atoms with Gasteiger partial charge in [-0.15, -0.1) is 5.06 Å². The highest BCUT2D eigenvalue weighted by molar-refractivity contribution is 6.80. The van der Waals surface area contributed by atoms with Crippen LogP contribution in [0.4, 0.5) is 4.79 Å². The normalized spacial score (nSPS) is 21.2. The van der Waals surface area contributed by atoms with E-state index in [1.807, 2.05) is 0 Å². The minimum atomic E-state index is -2.34. The maximum Gasteiger partial charge on any atom is 0.408 e. The van der Waals surface area contributed by atoms with Crippen molar-refractivity contribution in [2.45, 2.75) is 77.4 Å². The molecule has 3 rings (SSSR count). The Morgan fingerprint density at radius 1 is 1.00 bits per heavy atom. The molecule has 0 aromatic heterocycles. The van der Waals surface area contributed by atoms with Gasteiger partial charge in [-0.3, -0.25) is 19.2 Å². The van der Waals surface area contributed by atoms with E-state index in [4.69, 9.17) is 9.57 Å². The van der Waals surface area contributed by atoms with Gasteiger partial charge >= 0.3 is 6.09 Å². The second-order valence-corrected chi connectivity index (χ2v) is 16.1. The van der Waals surface area contributed by atoms with Crippen LogP contribution in [0, 0.1) is 0 Å². The van der Waals surface area contributed by atoms with E-state index in [0.717, 1.165) is 5.06 Å². The average Bonchev–Trinajstić information content (AvgIpc) is 2.91. The van der Waals surface area contributed by atoms with Crippen LogP contribution in [-0.2, 0) is 14.4 Å². The zero-order chi connectivity index (χ0) is 24.9. The topological polar surface area (TPSA) is 105 Å². The van der Waals surface area contributed by atoms with E-state index >= 15 is 0 Å². The summed E-state index contributed by atoms with van der Waals surface area (Å²) in [6, 6.07) is 5.08. The third-order valence-electron chi connectivity index (χ3n) is 6.46. The van der Waals surface area contributed by atoms with Crippen LogP contribution in [0.1, 0.15) is 62.3 Å². The van der Waals surface area contributed by atoms with Crippen molar-refractivity contribution in [3.8, 4) is 0 Å². The molecule has 1 fully saturated rings. The second-order valence-electron chi connectivity index (χ2n) is 11.0. The number of alkyl carbamates (subject to hydrolysis) is 1. The molecule has 1 saturated heterocycles. The third-order valence-corrected chi connectivity index (χ3v) is 11.9. The Hall–Kier alpha value is -2.72. The molecule has 4 amide bonds. The summed E-state index contributed by atoms with van der Waals surface area (Å²) >= 11 is 0. The average molecular weight is 476 g/mol. The first-order valence-electron chi connectivity index (χ1n) is 11.0. The summed E-state index contributed by atoms with van der Waals surface area (Å²) in [7, 11) is -2.34. The fraction of sp³-hybridized carbons (Fsp3) is 0.565. The molecule has 10 heteroatoms. The van der Waals surface area contributed by atoms with Crippen LogP contribution in [0.15, 0.2) is 24.3 Å². The fourth-order valence-electron chi connectivity index (χ4n) is 3.79. The number of fused-ring (bicyclic) bond motifs is 1. The number of amides is 4. The van der Waals surface area contributed by atoms with E-state index < -0.39 is 43.8 Å². The SMILES string of the molecule is CC(C)(C)OC(=O)NC1C(=O)N([Si](C)(C)C(C)(C)C)C1CON1C(=O)c2ccccc2C1=O. The van der Waals surface area contributed by atoms with Gasteiger partial charge in [0, 0.05) is 0 Å². The molecule has 0 aliphatic carbocycles. The van der Waals surface area contributed by atoms with Gasteiger partial charge in [-0.25, -0.2) is 4.79 Å². The van der Waals surface area contributed by atoms with E-state index in [0.29, 0.717) is 0 Å². The largest absolute Gasteiger partial charge is 0.444 e. The van der Waals surface area contributed by atoms with Crippen LogP contribution in [0.3, 0.4) is 0 Å². The smallest absolute Gasteiger partial charge is 0.408 e. The van der Waals surface area contributed by atoms with E-state index in [9.17, 15) is 19.2 Å². The highest BCUT2D eigenvalue weighted by atomic mass is 28.3. The van der Waals surface area contributed by atoms with Gasteiger partial charge < -0.3 is 14.6 Å². The number of hydrogen-bond donors (Lipinski definition) is 1. The maximum atomic E-state index is 13.2. The lowest BCUT2D eigenvalue weighted by atomic mass is 10.00. The van der Waals surface area contributed by atoms with Crippen LogP contribution in [0.2, 0.25) is 18.1 Å². The second kappa shape index (κ2) is 8.25. The molecule has 2 aliphatic heterocycles. The maximum absolute atomic E-state index is 13.2. The zero-order valence-electron chi connectivity index (χ0n) is 20.5. The van der Waals surface area contributed by atoms with Gasteiger partial charge in [0.2, 0.25) is 5.91 Å². The Morgan fingerprint density at radius 2 is 1.52 bits per heavy atom. The van der Waals surface area contributed by atoms with Crippen LogP contribution in [0.25, 0.3) is 0 Å². The Kier molecular flexibility index (Phi) is 6.23. The van der Waals surface area contributed by atoms with Gasteiger partial charge in [0.1, 0.15) is 11.6 Å². The highest BCUT2D eigenvalue weighted by Crippen LogP contribution is 2.43. The van der Waals surface area contributed by atoms with E-state index in [1.165, 1.54) is 0 Å². The number of nitrogens with one attached hydrogen (secondary N) is 1. The van der Waals surface area contributed by atoms with Crippen molar-refractivity contribution in [1.82, 2.24) is 14.9 Å². The van der Waals surface area contributed by atoms with Crippen molar-refractivity contribution < 1.29 is 28.8 Å². The number of benzene rings is 1. The molecule has 0 saturated carbocycles. The predicted molar refractivity (Wildman–Crippen MR) is 124 cm³/mol. The van der Waals surface area contributed by atoms with Crippen LogP contribution in [0.5, 0.6) is 0 Å². The van der Waals surface area contributed by atoms with E-state index in [1.54, 1.807) is 49.6 Å². The molecule has 2 aliphatic rings. The monoisotopic (exact) mass is 475 g/mol. The van der Waals surface area contributed by atoms with Gasteiger partial charge in [0.05, 0.1) is 23.8 Å². The standard InChI is InChI=1S/C23H33N3O6Si/c1-22(2,3)32-21(30)24-17-16(26(20(17)29)33(7,8)23(4,5)6)13-31-25-18(27)14-11-9-10-12-15(14)19(25)28/h9-12,16-17H,13H2,1-8H3,(H,24,30). The lowest BCUT2D eigenvalue weighted by molar-refractivity contribution is -0.156. The van der Waals surface area contributed by atoms with Gasteiger partial charge in [-0.05, 0) is 37.9 Å². The Bertz CT molecular complexity index is 960. The summed E-state index contributed by atoms with van der Waals surface area (Å²) in [5, 5.41) is 3.22. The fourth-order valence-corrected chi connectivity index (χ4v) is 6.26. The number of nitrogens with zero attached hydrogens (tertiary/aromatic N) is 2. The van der Waals surface area contributed by atoms with Crippen molar-refractivity contribution in [3.05, 3.63) is 35.4 Å². The minimum Gasteiger partial charge on any atom is -0.444 e. The quantitative estimate of drug-likeness (QED) is 0.398. The number of rotatable bonds is 5. The van der Waals surface area contributed by atoms with Gasteiger partial charge in [-0.2, -0.15) is 0 Å². The zero-order valence-corrected chi connectivity index (χ0v) is 21.5. The molecule has 9 nitrogen and oxygen atoms in total. The van der Waals surface area contributed by atoms with Gasteiger partial charge in [-0.1, -0.05) is 46.0 Å². The van der Waals surface area contributed by atoms with Crippen LogP contribution >= 0.6 is 0 Å². The Morgan fingerprint density at radius 3 is 1.97 bits per heavy atom. The van der Waals surface area contributed by atoms with Crippen molar-refractivity contribution >= 4 is 32.1 Å². The molecule has 2 unspecified atom stereocenters. The molecule has 0 radical (unpaired) electrons. The third kappa shape index (κ3) is 4.54. The summed E-state index contributed by atoms with van der Waals surface area (Å²) in [6.45, 7) is 15.5. The minimum absolute atomic E-state index is 0.121. The molecule has 1 aromatic rings. The van der Waals surface area contributed by atoms with Crippen LogP contribution in [-0.4, -0.2) is 66.0 Å². The predicted octanol–water partition coefficient (Wildman–Crippen LogP) is 3.32. The van der Waals surface area contributed by atoms with E-state index in [2.05, 4.69) is 39.2 Å². The summed E-state index contributed by atoms with van der Waals surface area (Å²) in [5.41, 5.74) is -0.170. The molecule has 0 spiro atoms. The first kappa shape index (κ1) is 24.9. The number of imide groups is 1. The number of ether oxygens (including phenoxy) is 1. The molecule has 1 N–H and O–H groups in total. The highest BCUT2D eigenvalue weighted by Gasteiger charge is 2.58. The molecule has 180 valence electrons. The van der Waals surface area contributed by atoms with Crippen LogP contribution < -0.4 is 5.32 Å². The number of carbonyl (C=O) groups excluding carboxylic acids is 4. The van der Waals surface area contributed by atoms with E-state index in [-0.39, 0.29) is 28.7 Å². The Labute approximate surface area is 195 Å². The molecule has 1 aromatic carbocycles. The molecule has 33 heavy (non-hydrogen) atoms. The molecule has 2 atom stereocenters.